The molecule has 0 amide bonds. The molecule has 2 aromatic heterocycles. The van der Waals surface area contributed by atoms with Gasteiger partial charge in [0.2, 0.25) is 0 Å². The minimum Gasteiger partial charge on any atom is -0.478 e. The first-order chi connectivity index (χ1) is 11.7. The molecule has 2 heterocycles. The van der Waals surface area contributed by atoms with E-state index in [4.69, 9.17) is 10.1 Å². The van der Waals surface area contributed by atoms with Crippen molar-refractivity contribution in [2.75, 3.05) is 11.4 Å². The molecule has 25 heavy (non-hydrogen) atoms. The van der Waals surface area contributed by atoms with Crippen LogP contribution in [0.5, 0.6) is 0 Å². The van der Waals surface area contributed by atoms with Crippen molar-refractivity contribution < 1.29 is 9.90 Å². The molecule has 0 saturated carbocycles. The van der Waals surface area contributed by atoms with Crippen LogP contribution >= 0.6 is 11.3 Å². The van der Waals surface area contributed by atoms with Crippen LogP contribution in [0.3, 0.4) is 0 Å². The highest BCUT2D eigenvalue weighted by Gasteiger charge is 2.41. The number of aromatic nitrogens is 2. The average Bonchev–Trinajstić information content (AvgIpc) is 3.01. The van der Waals surface area contributed by atoms with Gasteiger partial charge in [-0.15, -0.1) is 11.3 Å². The van der Waals surface area contributed by atoms with Crippen LogP contribution in [0, 0.1) is 0 Å². The molecule has 0 aliphatic heterocycles. The van der Waals surface area contributed by atoms with E-state index in [1.54, 1.807) is 23.5 Å². The van der Waals surface area contributed by atoms with Crippen LogP contribution in [0.4, 0.5) is 10.9 Å². The Kier molecular flexibility index (Phi) is 4.35. The van der Waals surface area contributed by atoms with Crippen molar-refractivity contribution in [3.8, 4) is 0 Å². The maximum atomic E-state index is 11.0. The maximum absolute atomic E-state index is 11.0. The van der Waals surface area contributed by atoms with Crippen LogP contribution in [0.2, 0.25) is 0 Å². The standard InChI is InChI=1S/C19H25N3O2S/c1-6-22(13-8-7-12(11-20-13)16(23)24)17-21-14-15(25-17)19(4,5)10-9-18(14,2)3/h7-8,11H,6,9-10H2,1-5H3,(H,23,24). The molecule has 1 aliphatic carbocycles. The number of nitrogens with zero attached hydrogens (tertiary/aromatic N) is 3. The summed E-state index contributed by atoms with van der Waals surface area (Å²) in [5, 5.41) is 9.99. The highest BCUT2D eigenvalue weighted by molar-refractivity contribution is 7.16. The van der Waals surface area contributed by atoms with Crippen LogP contribution in [-0.4, -0.2) is 27.6 Å². The van der Waals surface area contributed by atoms with Gasteiger partial charge in [-0.1, -0.05) is 27.7 Å². The SMILES string of the molecule is CCN(c1ccc(C(=O)O)cn1)c1nc2c(s1)C(C)(C)CCC2(C)C. The summed E-state index contributed by atoms with van der Waals surface area (Å²) in [4.78, 5) is 23.8. The third-order valence-electron chi connectivity index (χ3n) is 5.07. The molecule has 6 heteroatoms. The molecule has 3 rings (SSSR count). The van der Waals surface area contributed by atoms with Crippen molar-refractivity contribution in [2.45, 2.75) is 58.3 Å². The zero-order valence-electron chi connectivity index (χ0n) is 15.5. The van der Waals surface area contributed by atoms with Gasteiger partial charge in [0.1, 0.15) is 5.82 Å². The molecule has 0 atom stereocenters. The first kappa shape index (κ1) is 17.9. The summed E-state index contributed by atoms with van der Waals surface area (Å²) in [6.45, 7) is 11.9. The van der Waals surface area contributed by atoms with Crippen molar-refractivity contribution in [1.82, 2.24) is 9.97 Å². The fourth-order valence-corrected chi connectivity index (χ4v) is 4.72. The fourth-order valence-electron chi connectivity index (χ4n) is 3.27. The van der Waals surface area contributed by atoms with Gasteiger partial charge < -0.3 is 10.0 Å². The number of carboxylic acids is 1. The Balaban J connectivity index is 2.03. The molecule has 0 aromatic carbocycles. The number of anilines is 2. The lowest BCUT2D eigenvalue weighted by Crippen LogP contribution is -2.32. The summed E-state index contributed by atoms with van der Waals surface area (Å²) in [6, 6.07) is 3.35. The molecule has 0 fully saturated rings. The van der Waals surface area contributed by atoms with E-state index in [2.05, 4.69) is 44.5 Å². The highest BCUT2D eigenvalue weighted by atomic mass is 32.1. The second-order valence-corrected chi connectivity index (χ2v) is 8.87. The van der Waals surface area contributed by atoms with E-state index in [0.717, 1.165) is 30.3 Å². The summed E-state index contributed by atoms with van der Waals surface area (Å²) in [5.41, 5.74) is 1.62. The lowest BCUT2D eigenvalue weighted by atomic mass is 9.69. The van der Waals surface area contributed by atoms with E-state index < -0.39 is 5.97 Å². The van der Waals surface area contributed by atoms with E-state index >= 15 is 0 Å². The topological polar surface area (TPSA) is 66.3 Å². The van der Waals surface area contributed by atoms with Gasteiger partial charge in [-0.3, -0.25) is 0 Å². The molecular formula is C19H25N3O2S. The Bertz CT molecular complexity index is 760. The van der Waals surface area contributed by atoms with Gasteiger partial charge >= 0.3 is 5.97 Å². The molecule has 0 radical (unpaired) electrons. The molecular weight excluding hydrogens is 334 g/mol. The molecule has 0 bridgehead atoms. The number of pyridine rings is 1. The lowest BCUT2D eigenvalue weighted by Gasteiger charge is -2.37. The number of rotatable bonds is 4. The van der Waals surface area contributed by atoms with Crippen LogP contribution in [-0.2, 0) is 10.8 Å². The van der Waals surface area contributed by atoms with Crippen LogP contribution in [0.1, 0.15) is 68.4 Å². The number of thiazole rings is 1. The third-order valence-corrected chi connectivity index (χ3v) is 6.51. The van der Waals surface area contributed by atoms with Gasteiger partial charge in [-0.25, -0.2) is 14.8 Å². The number of hydrogen-bond acceptors (Lipinski definition) is 5. The number of hydrogen-bond donors (Lipinski definition) is 1. The summed E-state index contributed by atoms with van der Waals surface area (Å²) in [6.07, 6.45) is 3.70. The highest BCUT2D eigenvalue weighted by Crippen LogP contribution is 2.49. The first-order valence-electron chi connectivity index (χ1n) is 8.64. The first-order valence-corrected chi connectivity index (χ1v) is 9.46. The smallest absolute Gasteiger partial charge is 0.337 e. The quantitative estimate of drug-likeness (QED) is 0.854. The molecule has 0 saturated heterocycles. The van der Waals surface area contributed by atoms with Crippen molar-refractivity contribution in [2.24, 2.45) is 0 Å². The minimum atomic E-state index is -0.963. The number of aromatic carboxylic acids is 1. The van der Waals surface area contributed by atoms with Crippen LogP contribution in [0.15, 0.2) is 18.3 Å². The molecule has 0 spiro atoms. The summed E-state index contributed by atoms with van der Waals surface area (Å²) in [7, 11) is 0. The molecule has 2 aromatic rings. The maximum Gasteiger partial charge on any atom is 0.337 e. The van der Waals surface area contributed by atoms with Crippen molar-refractivity contribution in [1.29, 1.82) is 0 Å². The Hall–Kier alpha value is -1.95. The minimum absolute atomic E-state index is 0.0829. The summed E-state index contributed by atoms with van der Waals surface area (Å²) >= 11 is 1.74. The zero-order valence-corrected chi connectivity index (χ0v) is 16.3. The predicted octanol–water partition coefficient (Wildman–Crippen LogP) is 4.74. The third kappa shape index (κ3) is 3.15. The second-order valence-electron chi connectivity index (χ2n) is 7.90. The van der Waals surface area contributed by atoms with E-state index in [0.29, 0.717) is 0 Å². The largest absolute Gasteiger partial charge is 0.478 e. The number of carboxylic acid groups (broad SMARTS) is 1. The Morgan fingerprint density at radius 1 is 1.24 bits per heavy atom. The van der Waals surface area contributed by atoms with Crippen molar-refractivity contribution in [3.63, 3.8) is 0 Å². The number of carbonyl (C=O) groups is 1. The molecule has 1 aliphatic rings. The second kappa shape index (κ2) is 6.09. The number of fused-ring (bicyclic) bond motifs is 1. The van der Waals surface area contributed by atoms with Gasteiger partial charge in [0, 0.05) is 28.4 Å². The van der Waals surface area contributed by atoms with Gasteiger partial charge in [0.05, 0.1) is 11.3 Å². The lowest BCUT2D eigenvalue weighted by molar-refractivity contribution is 0.0696. The van der Waals surface area contributed by atoms with E-state index in [-0.39, 0.29) is 16.4 Å². The Morgan fingerprint density at radius 3 is 2.44 bits per heavy atom. The van der Waals surface area contributed by atoms with Crippen LogP contribution < -0.4 is 4.90 Å². The zero-order chi connectivity index (χ0) is 18.4. The van der Waals surface area contributed by atoms with E-state index in [1.165, 1.54) is 16.8 Å². The van der Waals surface area contributed by atoms with Crippen LogP contribution in [0.25, 0.3) is 0 Å². The fraction of sp³-hybridized carbons (Fsp3) is 0.526. The van der Waals surface area contributed by atoms with Gasteiger partial charge in [-0.2, -0.15) is 0 Å². The Labute approximate surface area is 152 Å². The van der Waals surface area contributed by atoms with Gasteiger partial charge in [-0.05, 0) is 31.9 Å². The normalized spacial score (nSPS) is 17.8. The monoisotopic (exact) mass is 359 g/mol. The molecule has 0 unspecified atom stereocenters. The summed E-state index contributed by atoms with van der Waals surface area (Å²) < 4.78 is 0. The molecule has 134 valence electrons. The van der Waals surface area contributed by atoms with E-state index in [9.17, 15) is 4.79 Å². The van der Waals surface area contributed by atoms with Gasteiger partial charge in [0.25, 0.3) is 0 Å². The molecule has 1 N–H and O–H groups in total. The van der Waals surface area contributed by atoms with E-state index in [1.807, 2.05) is 0 Å². The van der Waals surface area contributed by atoms with Gasteiger partial charge in [0.15, 0.2) is 5.13 Å². The predicted molar refractivity (Wildman–Crippen MR) is 101 cm³/mol. The van der Waals surface area contributed by atoms with Crippen molar-refractivity contribution >= 4 is 28.3 Å². The average molecular weight is 359 g/mol. The molecule has 5 nitrogen and oxygen atoms in total. The van der Waals surface area contributed by atoms with Crippen molar-refractivity contribution in [3.05, 3.63) is 34.5 Å². The Morgan fingerprint density at radius 2 is 1.92 bits per heavy atom. The summed E-state index contributed by atoms with van der Waals surface area (Å²) in [5.74, 6) is -0.232.